The maximum atomic E-state index is 10.9. The van der Waals surface area contributed by atoms with Crippen molar-refractivity contribution < 1.29 is 19.7 Å². The zero-order valence-electron chi connectivity index (χ0n) is 11.4. The number of hydrogen-bond donors (Lipinski definition) is 2. The normalized spacial score (nSPS) is 11.1. The number of aliphatic hydroxyl groups excluding tert-OH is 1. The number of fused-ring (bicyclic) bond motifs is 1. The lowest BCUT2D eigenvalue weighted by atomic mass is 10.2. The Balaban J connectivity index is 2.29. The van der Waals surface area contributed by atoms with Crippen LogP contribution >= 0.6 is 0 Å². The smallest absolute Gasteiger partial charge is 0.335 e. The monoisotopic (exact) mass is 278 g/mol. The Morgan fingerprint density at radius 3 is 2.90 bits per heavy atom. The Bertz CT molecular complexity index is 606. The number of aryl methyl sites for hydroxylation is 1. The number of hydrogen-bond acceptors (Lipinski definition) is 4. The molecule has 0 aliphatic heterocycles. The van der Waals surface area contributed by atoms with Crippen molar-refractivity contribution in [3.8, 4) is 0 Å². The van der Waals surface area contributed by atoms with E-state index in [1.165, 1.54) is 6.07 Å². The van der Waals surface area contributed by atoms with Gasteiger partial charge >= 0.3 is 5.97 Å². The molecule has 20 heavy (non-hydrogen) atoms. The molecule has 0 aliphatic carbocycles. The molecule has 0 saturated heterocycles. The summed E-state index contributed by atoms with van der Waals surface area (Å²) in [5, 5.41) is 18.3. The van der Waals surface area contributed by atoms with E-state index in [1.807, 2.05) is 11.5 Å². The number of nitrogens with zero attached hydrogens (tertiary/aromatic N) is 2. The van der Waals surface area contributed by atoms with Crippen molar-refractivity contribution in [3.05, 3.63) is 29.6 Å². The third-order valence-corrected chi connectivity index (χ3v) is 3.09. The van der Waals surface area contributed by atoms with Gasteiger partial charge in [0.1, 0.15) is 12.4 Å². The van der Waals surface area contributed by atoms with Crippen molar-refractivity contribution in [3.63, 3.8) is 0 Å². The van der Waals surface area contributed by atoms with Gasteiger partial charge in [0.25, 0.3) is 0 Å². The predicted octanol–water partition coefficient (Wildman–Crippen LogP) is 1.65. The highest BCUT2D eigenvalue weighted by Crippen LogP contribution is 2.19. The van der Waals surface area contributed by atoms with Crippen LogP contribution in [0.4, 0.5) is 0 Å². The molecule has 0 unspecified atom stereocenters. The van der Waals surface area contributed by atoms with E-state index in [4.69, 9.17) is 9.84 Å². The van der Waals surface area contributed by atoms with Gasteiger partial charge in [-0.25, -0.2) is 9.78 Å². The molecule has 0 aliphatic rings. The molecule has 0 bridgehead atoms. The number of imidazole rings is 1. The van der Waals surface area contributed by atoms with Crippen LogP contribution < -0.4 is 0 Å². The average molecular weight is 278 g/mol. The zero-order chi connectivity index (χ0) is 14.5. The lowest BCUT2D eigenvalue weighted by Crippen LogP contribution is -2.06. The third kappa shape index (κ3) is 2.97. The maximum Gasteiger partial charge on any atom is 0.335 e. The number of carboxylic acid groups (broad SMARTS) is 1. The van der Waals surface area contributed by atoms with Gasteiger partial charge < -0.3 is 19.5 Å². The highest BCUT2D eigenvalue weighted by Gasteiger charge is 2.12. The summed E-state index contributed by atoms with van der Waals surface area (Å²) in [6.07, 6.45) is 0.812. The Morgan fingerprint density at radius 1 is 1.45 bits per heavy atom. The van der Waals surface area contributed by atoms with Gasteiger partial charge in [-0.05, 0) is 31.5 Å². The molecule has 0 atom stereocenters. The molecule has 6 nitrogen and oxygen atoms in total. The van der Waals surface area contributed by atoms with E-state index in [1.54, 1.807) is 12.1 Å². The topological polar surface area (TPSA) is 84.6 Å². The molecule has 2 aromatic rings. The van der Waals surface area contributed by atoms with Gasteiger partial charge in [0.15, 0.2) is 0 Å². The van der Waals surface area contributed by atoms with Gasteiger partial charge in [0.2, 0.25) is 0 Å². The summed E-state index contributed by atoms with van der Waals surface area (Å²) in [7, 11) is 0. The molecular formula is C14H18N2O4. The Kier molecular flexibility index (Phi) is 4.70. The van der Waals surface area contributed by atoms with Crippen molar-refractivity contribution in [1.82, 2.24) is 9.55 Å². The van der Waals surface area contributed by atoms with Crippen LogP contribution in [0.25, 0.3) is 11.0 Å². The molecule has 1 aromatic carbocycles. The second-order valence-corrected chi connectivity index (χ2v) is 4.40. The minimum absolute atomic E-state index is 0.175. The average Bonchev–Trinajstić information content (AvgIpc) is 2.80. The Hall–Kier alpha value is -1.92. The number of aliphatic hydroxyl groups is 1. The van der Waals surface area contributed by atoms with Gasteiger partial charge in [0, 0.05) is 19.8 Å². The third-order valence-electron chi connectivity index (χ3n) is 3.09. The summed E-state index contributed by atoms with van der Waals surface area (Å²) in [5.74, 6) is -0.442. The number of aromatic carboxylic acids is 1. The molecule has 6 heteroatoms. The number of aromatic nitrogens is 2. The van der Waals surface area contributed by atoms with Crippen LogP contribution in [0.3, 0.4) is 0 Å². The van der Waals surface area contributed by atoms with Crippen LogP contribution in [0.2, 0.25) is 0 Å². The zero-order valence-corrected chi connectivity index (χ0v) is 11.4. The second-order valence-electron chi connectivity index (χ2n) is 4.40. The summed E-state index contributed by atoms with van der Waals surface area (Å²) in [5.41, 5.74) is 1.61. The fourth-order valence-corrected chi connectivity index (χ4v) is 2.15. The maximum absolute atomic E-state index is 10.9. The molecule has 1 heterocycles. The number of benzene rings is 1. The first kappa shape index (κ1) is 14.5. The van der Waals surface area contributed by atoms with E-state index in [9.17, 15) is 9.90 Å². The molecular weight excluding hydrogens is 260 g/mol. The highest BCUT2D eigenvalue weighted by molar-refractivity contribution is 5.92. The largest absolute Gasteiger partial charge is 0.478 e. The number of carbonyl (C=O) groups is 1. The van der Waals surface area contributed by atoms with Gasteiger partial charge in [0.05, 0.1) is 16.6 Å². The van der Waals surface area contributed by atoms with Crippen molar-refractivity contribution in [2.24, 2.45) is 0 Å². The Labute approximate surface area is 116 Å². The first-order valence-electron chi connectivity index (χ1n) is 6.58. The minimum Gasteiger partial charge on any atom is -0.478 e. The molecule has 2 N–H and O–H groups in total. The van der Waals surface area contributed by atoms with E-state index < -0.39 is 5.97 Å². The van der Waals surface area contributed by atoms with Crippen LogP contribution in [0.5, 0.6) is 0 Å². The summed E-state index contributed by atoms with van der Waals surface area (Å²) in [4.78, 5) is 15.2. The minimum atomic E-state index is -0.983. The van der Waals surface area contributed by atoms with E-state index in [2.05, 4.69) is 4.98 Å². The van der Waals surface area contributed by atoms with E-state index in [0.717, 1.165) is 11.9 Å². The summed E-state index contributed by atoms with van der Waals surface area (Å²) < 4.78 is 7.20. The van der Waals surface area contributed by atoms with Crippen molar-refractivity contribution in [2.45, 2.75) is 26.5 Å². The highest BCUT2D eigenvalue weighted by atomic mass is 16.5. The van der Waals surface area contributed by atoms with Gasteiger partial charge in [-0.1, -0.05) is 0 Å². The van der Waals surface area contributed by atoms with Crippen molar-refractivity contribution in [2.75, 3.05) is 13.2 Å². The molecule has 0 saturated carbocycles. The SMILES string of the molecule is CCOCCCn1c(CO)nc2cc(C(=O)O)ccc21. The number of ether oxygens (including phenoxy) is 1. The quantitative estimate of drug-likeness (QED) is 0.752. The molecule has 0 radical (unpaired) electrons. The Morgan fingerprint density at radius 2 is 2.25 bits per heavy atom. The van der Waals surface area contributed by atoms with E-state index in [-0.39, 0.29) is 12.2 Å². The molecule has 0 amide bonds. The van der Waals surface area contributed by atoms with Crippen LogP contribution in [0, 0.1) is 0 Å². The summed E-state index contributed by atoms with van der Waals surface area (Å²) >= 11 is 0. The van der Waals surface area contributed by atoms with Gasteiger partial charge in [-0.3, -0.25) is 0 Å². The van der Waals surface area contributed by atoms with Gasteiger partial charge in [-0.2, -0.15) is 0 Å². The fraction of sp³-hybridized carbons (Fsp3) is 0.429. The molecule has 0 fully saturated rings. The lowest BCUT2D eigenvalue weighted by Gasteiger charge is -2.07. The first-order chi connectivity index (χ1) is 9.67. The predicted molar refractivity (Wildman–Crippen MR) is 73.7 cm³/mol. The van der Waals surface area contributed by atoms with E-state index >= 15 is 0 Å². The second kappa shape index (κ2) is 6.49. The number of carboxylic acids is 1. The molecule has 1 aromatic heterocycles. The standard InChI is InChI=1S/C14H18N2O4/c1-2-20-7-3-6-16-12-5-4-10(14(18)19)8-11(12)15-13(16)9-17/h4-5,8,17H,2-3,6-7,9H2,1H3,(H,18,19). The summed E-state index contributed by atoms with van der Waals surface area (Å²) in [6.45, 7) is 3.78. The lowest BCUT2D eigenvalue weighted by molar-refractivity contribution is 0.0697. The van der Waals surface area contributed by atoms with Crippen molar-refractivity contribution in [1.29, 1.82) is 0 Å². The molecule has 2 rings (SSSR count). The first-order valence-corrected chi connectivity index (χ1v) is 6.58. The summed E-state index contributed by atoms with van der Waals surface area (Å²) in [6, 6.07) is 4.80. The van der Waals surface area contributed by atoms with Crippen molar-refractivity contribution >= 4 is 17.0 Å². The van der Waals surface area contributed by atoms with Crippen LogP contribution in [-0.4, -0.2) is 38.9 Å². The fourth-order valence-electron chi connectivity index (χ4n) is 2.15. The van der Waals surface area contributed by atoms with Crippen LogP contribution in [0.15, 0.2) is 18.2 Å². The van der Waals surface area contributed by atoms with Crippen LogP contribution in [0.1, 0.15) is 29.5 Å². The number of rotatable bonds is 7. The molecule has 108 valence electrons. The van der Waals surface area contributed by atoms with Gasteiger partial charge in [-0.15, -0.1) is 0 Å². The van der Waals surface area contributed by atoms with Crippen LogP contribution in [-0.2, 0) is 17.9 Å². The molecule has 0 spiro atoms. The van der Waals surface area contributed by atoms with E-state index in [0.29, 0.717) is 31.1 Å².